The van der Waals surface area contributed by atoms with Gasteiger partial charge in [0.25, 0.3) is 0 Å². The van der Waals surface area contributed by atoms with Crippen molar-refractivity contribution in [2.24, 2.45) is 0 Å². The Morgan fingerprint density at radius 3 is 1.62 bits per heavy atom. The number of nitrogens with zero attached hydrogens (tertiary/aromatic N) is 1. The number of benzene rings is 1. The van der Waals surface area contributed by atoms with Crippen LogP contribution in [0.3, 0.4) is 0 Å². The predicted octanol–water partition coefficient (Wildman–Crippen LogP) is 4.06. The molecule has 0 heterocycles. The minimum atomic E-state index is 0.676. The molecular formula is C15H25N. The highest BCUT2D eigenvalue weighted by Crippen LogP contribution is 1.98. The van der Waals surface area contributed by atoms with Gasteiger partial charge >= 0.3 is 0 Å². The van der Waals surface area contributed by atoms with Crippen LogP contribution in [0.15, 0.2) is 36.9 Å². The van der Waals surface area contributed by atoms with Crippen molar-refractivity contribution in [2.75, 3.05) is 7.05 Å². The predicted molar refractivity (Wildman–Crippen MR) is 74.6 cm³/mol. The van der Waals surface area contributed by atoms with Gasteiger partial charge in [0.15, 0.2) is 0 Å². The highest BCUT2D eigenvalue weighted by atomic mass is 15.1. The molecule has 0 aliphatic rings. The van der Waals surface area contributed by atoms with Crippen LogP contribution in [0.25, 0.3) is 6.08 Å². The normalized spacial score (nSPS) is 10.2. The molecule has 1 rings (SSSR count). The van der Waals surface area contributed by atoms with E-state index in [-0.39, 0.29) is 0 Å². The maximum atomic E-state index is 3.63. The Labute approximate surface area is 101 Å². The summed E-state index contributed by atoms with van der Waals surface area (Å²) in [5, 5.41) is 0. The summed E-state index contributed by atoms with van der Waals surface area (Å²) in [6.07, 6.45) is 1.83. The third-order valence-electron chi connectivity index (χ3n) is 2.66. The second-order valence-corrected chi connectivity index (χ2v) is 4.47. The van der Waals surface area contributed by atoms with E-state index in [2.05, 4.69) is 46.2 Å². The maximum Gasteiger partial charge on any atom is 0.00382 e. The Kier molecular flexibility index (Phi) is 7.57. The van der Waals surface area contributed by atoms with Gasteiger partial charge in [-0.15, -0.1) is 0 Å². The van der Waals surface area contributed by atoms with E-state index in [4.69, 9.17) is 0 Å². The van der Waals surface area contributed by atoms with Gasteiger partial charge in [0.2, 0.25) is 0 Å². The first-order valence-electron chi connectivity index (χ1n) is 5.88. The van der Waals surface area contributed by atoms with Crippen molar-refractivity contribution in [2.45, 2.75) is 39.8 Å². The van der Waals surface area contributed by atoms with Crippen LogP contribution < -0.4 is 0 Å². The highest BCUT2D eigenvalue weighted by Gasteiger charge is 2.04. The summed E-state index contributed by atoms with van der Waals surface area (Å²) >= 11 is 0. The number of hydrogen-bond donors (Lipinski definition) is 0. The van der Waals surface area contributed by atoms with Gasteiger partial charge in [0.05, 0.1) is 0 Å². The summed E-state index contributed by atoms with van der Waals surface area (Å²) in [5.74, 6) is 0. The first-order valence-corrected chi connectivity index (χ1v) is 5.88. The van der Waals surface area contributed by atoms with Crippen LogP contribution >= 0.6 is 0 Å². The molecule has 0 saturated carbocycles. The fourth-order valence-corrected chi connectivity index (χ4v) is 1.19. The molecule has 1 aromatic carbocycles. The van der Waals surface area contributed by atoms with Crippen LogP contribution in [-0.2, 0) is 0 Å². The van der Waals surface area contributed by atoms with Gasteiger partial charge in [-0.3, -0.25) is 0 Å². The summed E-state index contributed by atoms with van der Waals surface area (Å²) in [7, 11) is 2.15. The Bertz CT molecular complexity index is 267. The van der Waals surface area contributed by atoms with Crippen LogP contribution in [0.2, 0.25) is 0 Å². The molecule has 0 amide bonds. The van der Waals surface area contributed by atoms with E-state index < -0.39 is 0 Å². The molecule has 0 saturated heterocycles. The molecule has 0 N–H and O–H groups in total. The van der Waals surface area contributed by atoms with E-state index >= 15 is 0 Å². The average molecular weight is 219 g/mol. The molecule has 0 aromatic heterocycles. The van der Waals surface area contributed by atoms with Gasteiger partial charge in [0, 0.05) is 12.1 Å². The smallest absolute Gasteiger partial charge is 0.00382 e. The van der Waals surface area contributed by atoms with Gasteiger partial charge in [-0.25, -0.2) is 0 Å². The zero-order valence-electron chi connectivity index (χ0n) is 11.3. The van der Waals surface area contributed by atoms with Crippen LogP contribution in [-0.4, -0.2) is 24.0 Å². The van der Waals surface area contributed by atoms with Crippen molar-refractivity contribution in [1.29, 1.82) is 0 Å². The molecule has 0 aliphatic carbocycles. The minimum Gasteiger partial charge on any atom is -0.302 e. The van der Waals surface area contributed by atoms with Crippen molar-refractivity contribution in [3.05, 3.63) is 42.5 Å². The van der Waals surface area contributed by atoms with E-state index in [0.717, 1.165) is 0 Å². The molecule has 90 valence electrons. The molecule has 16 heavy (non-hydrogen) atoms. The Morgan fingerprint density at radius 1 is 1.00 bits per heavy atom. The average Bonchev–Trinajstić information content (AvgIpc) is 2.29. The summed E-state index contributed by atoms with van der Waals surface area (Å²) in [6.45, 7) is 12.5. The highest BCUT2D eigenvalue weighted by molar-refractivity contribution is 5.45. The molecule has 0 bridgehead atoms. The van der Waals surface area contributed by atoms with Gasteiger partial charge in [-0.05, 0) is 40.3 Å². The topological polar surface area (TPSA) is 3.24 Å². The third kappa shape index (κ3) is 6.41. The van der Waals surface area contributed by atoms with E-state index in [9.17, 15) is 0 Å². The van der Waals surface area contributed by atoms with E-state index in [0.29, 0.717) is 12.1 Å². The molecule has 0 atom stereocenters. The fourth-order valence-electron chi connectivity index (χ4n) is 1.19. The lowest BCUT2D eigenvalue weighted by atomic mass is 10.2. The Balaban J connectivity index is 0.000000281. The molecule has 0 fully saturated rings. The van der Waals surface area contributed by atoms with E-state index in [1.54, 1.807) is 0 Å². The molecule has 1 aromatic rings. The number of rotatable bonds is 3. The van der Waals surface area contributed by atoms with Crippen molar-refractivity contribution in [3.63, 3.8) is 0 Å². The zero-order chi connectivity index (χ0) is 12.6. The lowest BCUT2D eigenvalue weighted by Crippen LogP contribution is -2.32. The van der Waals surface area contributed by atoms with Crippen LogP contribution in [0, 0.1) is 0 Å². The summed E-state index contributed by atoms with van der Waals surface area (Å²) in [6, 6.07) is 11.4. The Morgan fingerprint density at radius 2 is 1.44 bits per heavy atom. The standard InChI is InChI=1S/C8H8.C7H17N/c1-2-8-6-4-3-5-7-8;1-6(2)8(5)7(3)4/h2-7H,1H2;6-7H,1-5H3. The summed E-state index contributed by atoms with van der Waals surface area (Å²) in [5.41, 5.74) is 1.17. The minimum absolute atomic E-state index is 0.676. The van der Waals surface area contributed by atoms with E-state index in [1.807, 2.05) is 36.4 Å². The van der Waals surface area contributed by atoms with E-state index in [1.165, 1.54) is 5.56 Å². The van der Waals surface area contributed by atoms with Crippen LogP contribution in [0.4, 0.5) is 0 Å². The first kappa shape index (κ1) is 14.9. The largest absolute Gasteiger partial charge is 0.302 e. The molecule has 0 aliphatic heterocycles. The monoisotopic (exact) mass is 219 g/mol. The van der Waals surface area contributed by atoms with Crippen molar-refractivity contribution >= 4 is 6.08 Å². The van der Waals surface area contributed by atoms with Gasteiger partial charge in [0.1, 0.15) is 0 Å². The molecule has 1 nitrogen and oxygen atoms in total. The van der Waals surface area contributed by atoms with Crippen molar-refractivity contribution in [3.8, 4) is 0 Å². The Hall–Kier alpha value is -1.08. The summed E-state index contributed by atoms with van der Waals surface area (Å²) in [4.78, 5) is 2.33. The molecular weight excluding hydrogens is 194 g/mol. The maximum absolute atomic E-state index is 3.63. The second kappa shape index (κ2) is 8.12. The quantitative estimate of drug-likeness (QED) is 0.741. The molecule has 0 unspecified atom stereocenters. The fraction of sp³-hybridized carbons (Fsp3) is 0.467. The van der Waals surface area contributed by atoms with Gasteiger partial charge in [-0.1, -0.05) is 43.0 Å². The van der Waals surface area contributed by atoms with Gasteiger partial charge < -0.3 is 4.90 Å². The first-order chi connectivity index (χ1) is 7.49. The molecule has 1 heteroatoms. The summed E-state index contributed by atoms with van der Waals surface area (Å²) < 4.78 is 0. The molecule has 0 spiro atoms. The SMILES string of the molecule is C=Cc1ccccc1.CC(C)N(C)C(C)C. The second-order valence-electron chi connectivity index (χ2n) is 4.47. The molecule has 0 radical (unpaired) electrons. The van der Waals surface area contributed by atoms with Crippen molar-refractivity contribution < 1.29 is 0 Å². The lowest BCUT2D eigenvalue weighted by Gasteiger charge is -2.24. The van der Waals surface area contributed by atoms with Crippen LogP contribution in [0.1, 0.15) is 33.3 Å². The zero-order valence-corrected chi connectivity index (χ0v) is 11.3. The van der Waals surface area contributed by atoms with Crippen molar-refractivity contribution in [1.82, 2.24) is 4.90 Å². The number of hydrogen-bond acceptors (Lipinski definition) is 1. The third-order valence-corrected chi connectivity index (χ3v) is 2.66. The lowest BCUT2D eigenvalue weighted by molar-refractivity contribution is 0.222. The van der Waals surface area contributed by atoms with Gasteiger partial charge in [-0.2, -0.15) is 0 Å². The van der Waals surface area contributed by atoms with Crippen LogP contribution in [0.5, 0.6) is 0 Å².